The zero-order valence-corrected chi connectivity index (χ0v) is 11.9. The first-order valence-electron chi connectivity index (χ1n) is 5.76. The third-order valence-electron chi connectivity index (χ3n) is 3.15. The highest BCUT2D eigenvalue weighted by atomic mass is 79.9. The fourth-order valence-electron chi connectivity index (χ4n) is 1.67. The Morgan fingerprint density at radius 1 is 1.56 bits per heavy atom. The maximum absolute atomic E-state index is 10.8. The summed E-state index contributed by atoms with van der Waals surface area (Å²) in [6, 6.07) is 4.05. The molecule has 0 heterocycles. The fourth-order valence-corrected chi connectivity index (χ4v) is 2.06. The minimum Gasteiger partial charge on any atom is -0.391 e. The molecule has 0 aliphatic heterocycles. The highest BCUT2D eigenvalue weighted by molar-refractivity contribution is 9.10. The summed E-state index contributed by atoms with van der Waals surface area (Å²) in [6.45, 7) is 3.86. The molecule has 0 bridgehead atoms. The molecular formula is C12H17BrN2O3. The van der Waals surface area contributed by atoms with Crippen LogP contribution in [0.5, 0.6) is 0 Å². The normalized spacial score (nSPS) is 16.1. The average molecular weight is 317 g/mol. The molecular weight excluding hydrogens is 300 g/mol. The number of nitrogens with two attached hydrogens (primary N) is 1. The van der Waals surface area contributed by atoms with Gasteiger partial charge in [-0.25, -0.2) is 0 Å². The van der Waals surface area contributed by atoms with Gasteiger partial charge in [-0.2, -0.15) is 0 Å². The number of hydrogen-bond acceptors (Lipinski definition) is 4. The Morgan fingerprint density at radius 3 is 2.67 bits per heavy atom. The topological polar surface area (TPSA) is 89.4 Å². The van der Waals surface area contributed by atoms with Gasteiger partial charge in [0.05, 0.1) is 21.5 Å². The van der Waals surface area contributed by atoms with Gasteiger partial charge in [0.15, 0.2) is 0 Å². The van der Waals surface area contributed by atoms with E-state index in [4.69, 9.17) is 5.73 Å². The maximum Gasteiger partial charge on any atom is 0.283 e. The number of rotatable bonds is 5. The number of benzene rings is 1. The van der Waals surface area contributed by atoms with Crippen molar-refractivity contribution < 1.29 is 10.0 Å². The molecule has 0 radical (unpaired) electrons. The van der Waals surface area contributed by atoms with E-state index in [1.807, 2.05) is 13.8 Å². The van der Waals surface area contributed by atoms with Crippen molar-refractivity contribution in [3.8, 4) is 0 Å². The van der Waals surface area contributed by atoms with Gasteiger partial charge in [0.1, 0.15) is 0 Å². The monoisotopic (exact) mass is 316 g/mol. The number of hydrogen-bond donors (Lipinski definition) is 2. The first-order chi connectivity index (χ1) is 8.38. The number of aliphatic hydroxyl groups is 1. The van der Waals surface area contributed by atoms with Gasteiger partial charge in [0.25, 0.3) is 5.69 Å². The third-order valence-corrected chi connectivity index (χ3v) is 3.82. The second-order valence-corrected chi connectivity index (χ2v) is 5.22. The first-order valence-corrected chi connectivity index (χ1v) is 6.55. The van der Waals surface area contributed by atoms with Gasteiger partial charge in [0, 0.05) is 6.07 Å². The smallest absolute Gasteiger partial charge is 0.283 e. The number of halogens is 1. The Bertz CT molecular complexity index is 439. The van der Waals surface area contributed by atoms with Crippen LogP contribution in [0.4, 0.5) is 5.69 Å². The van der Waals surface area contributed by atoms with E-state index in [-0.39, 0.29) is 11.6 Å². The molecule has 3 N–H and O–H groups in total. The predicted molar refractivity (Wildman–Crippen MR) is 73.2 cm³/mol. The average Bonchev–Trinajstić information content (AvgIpc) is 2.36. The largest absolute Gasteiger partial charge is 0.391 e. The highest BCUT2D eigenvalue weighted by Crippen LogP contribution is 2.30. The molecule has 0 saturated carbocycles. The van der Waals surface area contributed by atoms with Gasteiger partial charge < -0.3 is 10.8 Å². The number of nitro benzene ring substituents is 1. The Kier molecular flexibility index (Phi) is 5.25. The minimum absolute atomic E-state index is 0.0423. The summed E-state index contributed by atoms with van der Waals surface area (Å²) in [7, 11) is 0. The standard InChI is InChI=1S/C12H17BrN2O3/c1-3-7(2)12(16)11(14)8-4-5-9(13)10(6-8)15(17)18/h4-7,11-12,16H,3,14H2,1-2H3/t7?,11-,12+/m0/s1. The number of nitrogens with zero attached hydrogens (tertiary/aromatic N) is 1. The van der Waals surface area contributed by atoms with Crippen molar-refractivity contribution in [2.45, 2.75) is 32.4 Å². The Labute approximate surface area is 114 Å². The molecule has 0 amide bonds. The van der Waals surface area contributed by atoms with E-state index in [1.165, 1.54) is 6.07 Å². The molecule has 0 saturated heterocycles. The second-order valence-electron chi connectivity index (χ2n) is 4.37. The third kappa shape index (κ3) is 3.28. The van der Waals surface area contributed by atoms with Crippen molar-refractivity contribution in [1.82, 2.24) is 0 Å². The van der Waals surface area contributed by atoms with Gasteiger partial charge in [-0.15, -0.1) is 0 Å². The van der Waals surface area contributed by atoms with E-state index in [2.05, 4.69) is 15.9 Å². The Morgan fingerprint density at radius 2 is 2.17 bits per heavy atom. The lowest BCUT2D eigenvalue weighted by Crippen LogP contribution is -2.31. The van der Waals surface area contributed by atoms with Crippen molar-refractivity contribution in [2.24, 2.45) is 11.7 Å². The maximum atomic E-state index is 10.8. The summed E-state index contributed by atoms with van der Waals surface area (Å²) in [5, 5.41) is 20.9. The van der Waals surface area contributed by atoms with Crippen LogP contribution in [0, 0.1) is 16.0 Å². The number of aliphatic hydroxyl groups excluding tert-OH is 1. The molecule has 6 heteroatoms. The summed E-state index contributed by atoms with van der Waals surface area (Å²) in [6.07, 6.45) is 0.0869. The van der Waals surface area contributed by atoms with E-state index in [9.17, 15) is 15.2 Å². The highest BCUT2D eigenvalue weighted by Gasteiger charge is 2.24. The zero-order valence-electron chi connectivity index (χ0n) is 10.3. The van der Waals surface area contributed by atoms with E-state index >= 15 is 0 Å². The molecule has 5 nitrogen and oxygen atoms in total. The lowest BCUT2D eigenvalue weighted by atomic mass is 9.91. The van der Waals surface area contributed by atoms with Crippen LogP contribution in [0.15, 0.2) is 22.7 Å². The van der Waals surface area contributed by atoms with Gasteiger partial charge in [0.2, 0.25) is 0 Å². The van der Waals surface area contributed by atoms with Crippen LogP contribution in [0.2, 0.25) is 0 Å². The van der Waals surface area contributed by atoms with Crippen LogP contribution >= 0.6 is 15.9 Å². The molecule has 1 aromatic carbocycles. The molecule has 0 aliphatic carbocycles. The molecule has 0 spiro atoms. The summed E-state index contributed by atoms with van der Waals surface area (Å²) in [5.74, 6) is 0.0442. The van der Waals surface area contributed by atoms with Crippen molar-refractivity contribution in [3.63, 3.8) is 0 Å². The van der Waals surface area contributed by atoms with E-state index in [1.54, 1.807) is 12.1 Å². The number of nitro groups is 1. The molecule has 100 valence electrons. The second kappa shape index (κ2) is 6.26. The van der Waals surface area contributed by atoms with Crippen LogP contribution in [-0.4, -0.2) is 16.1 Å². The van der Waals surface area contributed by atoms with Crippen molar-refractivity contribution >= 4 is 21.6 Å². The van der Waals surface area contributed by atoms with E-state index < -0.39 is 17.1 Å². The van der Waals surface area contributed by atoms with Gasteiger partial charge in [-0.05, 0) is 33.5 Å². The zero-order chi connectivity index (χ0) is 13.9. The van der Waals surface area contributed by atoms with Crippen molar-refractivity contribution in [1.29, 1.82) is 0 Å². The summed E-state index contributed by atoms with van der Waals surface area (Å²) in [4.78, 5) is 10.4. The van der Waals surface area contributed by atoms with Gasteiger partial charge >= 0.3 is 0 Å². The molecule has 0 fully saturated rings. The molecule has 1 rings (SSSR count). The van der Waals surface area contributed by atoms with Crippen LogP contribution in [0.3, 0.4) is 0 Å². The first kappa shape index (κ1) is 15.1. The van der Waals surface area contributed by atoms with Crippen LogP contribution in [0.25, 0.3) is 0 Å². The Balaban J connectivity index is 3.03. The van der Waals surface area contributed by atoms with E-state index in [0.717, 1.165) is 6.42 Å². The van der Waals surface area contributed by atoms with Crippen LogP contribution < -0.4 is 5.73 Å². The molecule has 18 heavy (non-hydrogen) atoms. The van der Waals surface area contributed by atoms with Crippen molar-refractivity contribution in [3.05, 3.63) is 38.3 Å². The fraction of sp³-hybridized carbons (Fsp3) is 0.500. The lowest BCUT2D eigenvalue weighted by molar-refractivity contribution is -0.385. The van der Waals surface area contributed by atoms with Gasteiger partial charge in [-0.1, -0.05) is 26.3 Å². The molecule has 0 aliphatic rings. The quantitative estimate of drug-likeness (QED) is 0.645. The molecule has 1 unspecified atom stereocenters. The van der Waals surface area contributed by atoms with E-state index in [0.29, 0.717) is 10.0 Å². The minimum atomic E-state index is -0.712. The molecule has 3 atom stereocenters. The molecule has 1 aromatic rings. The summed E-state index contributed by atoms with van der Waals surface area (Å²) >= 11 is 3.11. The Hall–Kier alpha value is -0.980. The van der Waals surface area contributed by atoms with Crippen LogP contribution in [-0.2, 0) is 0 Å². The SMILES string of the molecule is CCC(C)[C@@H](O)[C@@H](N)c1ccc(Br)c([N+](=O)[O-])c1. The molecule has 0 aromatic heterocycles. The lowest BCUT2D eigenvalue weighted by Gasteiger charge is -2.24. The van der Waals surface area contributed by atoms with Crippen molar-refractivity contribution in [2.75, 3.05) is 0 Å². The predicted octanol–water partition coefficient (Wildman–Crippen LogP) is 2.76. The summed E-state index contributed by atoms with van der Waals surface area (Å²) < 4.78 is 0.404. The van der Waals surface area contributed by atoms with Gasteiger partial charge in [-0.3, -0.25) is 10.1 Å². The summed E-state index contributed by atoms with van der Waals surface area (Å²) in [5.41, 5.74) is 6.47. The van der Waals surface area contributed by atoms with Crippen LogP contribution in [0.1, 0.15) is 31.9 Å².